The minimum atomic E-state index is -3.59. The molecule has 10 heteroatoms. The molecule has 0 amide bonds. The molecule has 1 heterocycles. The average molecular weight is 304 g/mol. The Morgan fingerprint density at radius 2 is 1.22 bits per heavy atom. The van der Waals surface area contributed by atoms with Gasteiger partial charge in [-0.1, -0.05) is 0 Å². The lowest BCUT2D eigenvalue weighted by molar-refractivity contribution is -0.0575. The maximum atomic E-state index is 10.8. The van der Waals surface area contributed by atoms with Crippen molar-refractivity contribution >= 4 is 20.2 Å². The van der Waals surface area contributed by atoms with E-state index in [1.165, 1.54) is 0 Å². The van der Waals surface area contributed by atoms with E-state index in [0.29, 0.717) is 0 Å². The average Bonchev–Trinajstić information content (AvgIpc) is 2.51. The van der Waals surface area contributed by atoms with Gasteiger partial charge < -0.3 is 9.47 Å². The first-order valence-corrected chi connectivity index (χ1v) is 8.70. The van der Waals surface area contributed by atoms with E-state index >= 15 is 0 Å². The summed E-state index contributed by atoms with van der Waals surface area (Å²) in [5.74, 6) is 0. The first kappa shape index (κ1) is 15.8. The highest BCUT2D eigenvalue weighted by atomic mass is 32.2. The Bertz CT molecular complexity index is 423. The van der Waals surface area contributed by atoms with Gasteiger partial charge in [0.15, 0.2) is 6.29 Å². The van der Waals surface area contributed by atoms with Crippen LogP contribution < -0.4 is 0 Å². The van der Waals surface area contributed by atoms with Crippen molar-refractivity contribution in [1.82, 2.24) is 0 Å². The van der Waals surface area contributed by atoms with Crippen LogP contribution in [0.2, 0.25) is 0 Å². The fourth-order valence-electron chi connectivity index (χ4n) is 1.37. The molecular formula is C8H16O8S2. The summed E-state index contributed by atoms with van der Waals surface area (Å²) in [5.41, 5.74) is 0. The zero-order chi connectivity index (χ0) is 14.0. The van der Waals surface area contributed by atoms with Crippen LogP contribution in [0.4, 0.5) is 0 Å². The molecule has 1 saturated heterocycles. The maximum Gasteiger partial charge on any atom is 0.264 e. The lowest BCUT2D eigenvalue weighted by atomic mass is 10.2. The van der Waals surface area contributed by atoms with Crippen molar-refractivity contribution in [3.8, 4) is 0 Å². The highest BCUT2D eigenvalue weighted by Crippen LogP contribution is 2.20. The van der Waals surface area contributed by atoms with Crippen molar-refractivity contribution in [1.29, 1.82) is 0 Å². The molecule has 0 spiro atoms. The van der Waals surface area contributed by atoms with Gasteiger partial charge in [0.1, 0.15) is 12.2 Å². The van der Waals surface area contributed by atoms with E-state index in [4.69, 9.17) is 9.47 Å². The van der Waals surface area contributed by atoms with Gasteiger partial charge in [-0.15, -0.1) is 0 Å². The van der Waals surface area contributed by atoms with E-state index in [1.807, 2.05) is 0 Å². The van der Waals surface area contributed by atoms with Gasteiger partial charge in [0.25, 0.3) is 20.2 Å². The Morgan fingerprint density at radius 1 is 0.889 bits per heavy atom. The minimum Gasteiger partial charge on any atom is -0.344 e. The van der Waals surface area contributed by atoms with Gasteiger partial charge in [0, 0.05) is 0 Å². The van der Waals surface area contributed by atoms with Gasteiger partial charge in [-0.25, -0.2) is 0 Å². The predicted molar refractivity (Wildman–Crippen MR) is 60.8 cm³/mol. The molecule has 2 unspecified atom stereocenters. The Kier molecular flexibility index (Phi) is 5.09. The minimum absolute atomic E-state index is 0.249. The second-order valence-electron chi connectivity index (χ2n) is 3.89. The van der Waals surface area contributed by atoms with Gasteiger partial charge in [-0.3, -0.25) is 8.37 Å². The van der Waals surface area contributed by atoms with Gasteiger partial charge in [-0.2, -0.15) is 16.8 Å². The second-order valence-corrected chi connectivity index (χ2v) is 7.18. The Morgan fingerprint density at radius 3 is 1.50 bits per heavy atom. The number of rotatable bonds is 6. The number of hydrogen-bond acceptors (Lipinski definition) is 8. The van der Waals surface area contributed by atoms with Crippen LogP contribution in [0.15, 0.2) is 0 Å². The van der Waals surface area contributed by atoms with Gasteiger partial charge >= 0.3 is 0 Å². The van der Waals surface area contributed by atoms with Crippen molar-refractivity contribution in [2.45, 2.75) is 25.4 Å². The number of hydrogen-bond donors (Lipinski definition) is 0. The molecular weight excluding hydrogens is 288 g/mol. The molecule has 0 aromatic heterocycles. The fourth-order valence-corrected chi connectivity index (χ4v) is 2.14. The molecule has 0 saturated carbocycles. The molecule has 18 heavy (non-hydrogen) atoms. The Balaban J connectivity index is 2.54. The van der Waals surface area contributed by atoms with Crippen LogP contribution in [0, 0.1) is 0 Å². The van der Waals surface area contributed by atoms with Crippen LogP contribution in [0.5, 0.6) is 0 Å². The third-order valence-electron chi connectivity index (χ3n) is 2.04. The fraction of sp³-hybridized carbons (Fsp3) is 1.00. The monoisotopic (exact) mass is 304 g/mol. The molecule has 1 fully saturated rings. The molecule has 8 nitrogen and oxygen atoms in total. The van der Waals surface area contributed by atoms with Crippen molar-refractivity contribution in [2.24, 2.45) is 0 Å². The lowest BCUT2D eigenvalue weighted by Crippen LogP contribution is -2.33. The molecule has 0 aromatic carbocycles. The van der Waals surface area contributed by atoms with Gasteiger partial charge in [0.2, 0.25) is 0 Å². The summed E-state index contributed by atoms with van der Waals surface area (Å²) < 4.78 is 63.1. The largest absolute Gasteiger partial charge is 0.344 e. The predicted octanol–water partition coefficient (Wildman–Crippen LogP) is -0.931. The summed E-state index contributed by atoms with van der Waals surface area (Å²) in [6, 6.07) is 0. The topological polar surface area (TPSA) is 105 Å². The molecule has 0 radical (unpaired) electrons. The van der Waals surface area contributed by atoms with Gasteiger partial charge in [-0.05, 0) is 6.92 Å². The summed E-state index contributed by atoms with van der Waals surface area (Å²) >= 11 is 0. The van der Waals surface area contributed by atoms with Crippen LogP contribution in [-0.2, 0) is 38.1 Å². The summed E-state index contributed by atoms with van der Waals surface area (Å²) in [6.07, 6.45) is -0.151. The molecule has 1 rings (SSSR count). The van der Waals surface area contributed by atoms with Crippen LogP contribution in [0.1, 0.15) is 6.92 Å². The number of ether oxygens (including phenoxy) is 2. The SMILES string of the molecule is CC1OC(COS(C)(=O)=O)C(COS(C)(=O)=O)O1. The third-order valence-corrected chi connectivity index (χ3v) is 3.17. The van der Waals surface area contributed by atoms with Crippen molar-refractivity contribution in [2.75, 3.05) is 25.7 Å². The summed E-state index contributed by atoms with van der Waals surface area (Å²) in [5, 5.41) is 0. The molecule has 0 aliphatic carbocycles. The van der Waals surface area contributed by atoms with Crippen LogP contribution >= 0.6 is 0 Å². The van der Waals surface area contributed by atoms with Crippen LogP contribution in [0.25, 0.3) is 0 Å². The molecule has 0 aromatic rings. The van der Waals surface area contributed by atoms with E-state index < -0.39 is 38.7 Å². The van der Waals surface area contributed by atoms with Crippen LogP contribution in [0.3, 0.4) is 0 Å². The zero-order valence-electron chi connectivity index (χ0n) is 10.2. The van der Waals surface area contributed by atoms with Crippen LogP contribution in [-0.4, -0.2) is 61.1 Å². The summed E-state index contributed by atoms with van der Waals surface area (Å²) in [6.45, 7) is 1.11. The highest BCUT2D eigenvalue weighted by Gasteiger charge is 2.35. The normalized spacial score (nSPS) is 29.6. The van der Waals surface area contributed by atoms with Crippen molar-refractivity contribution < 1.29 is 34.7 Å². The Hall–Kier alpha value is -0.260. The van der Waals surface area contributed by atoms with E-state index in [2.05, 4.69) is 8.37 Å². The first-order valence-electron chi connectivity index (χ1n) is 5.06. The standard InChI is InChI=1S/C8H16O8S2/c1-6-15-7(4-13-17(2,9)10)8(16-6)5-14-18(3,11)12/h6-8H,4-5H2,1-3H3. The molecule has 108 valence electrons. The molecule has 2 atom stereocenters. The van der Waals surface area contributed by atoms with Gasteiger partial charge in [0.05, 0.1) is 25.7 Å². The van der Waals surface area contributed by atoms with E-state index in [0.717, 1.165) is 12.5 Å². The van der Waals surface area contributed by atoms with E-state index in [9.17, 15) is 16.8 Å². The second kappa shape index (κ2) is 5.80. The molecule has 1 aliphatic heterocycles. The zero-order valence-corrected chi connectivity index (χ0v) is 11.9. The smallest absolute Gasteiger partial charge is 0.264 e. The third kappa shape index (κ3) is 6.07. The summed E-state index contributed by atoms with van der Waals surface area (Å²) in [4.78, 5) is 0. The lowest BCUT2D eigenvalue weighted by Gasteiger charge is -2.15. The van der Waals surface area contributed by atoms with Crippen molar-refractivity contribution in [3.63, 3.8) is 0 Å². The molecule has 0 bridgehead atoms. The molecule has 0 N–H and O–H groups in total. The Labute approximate surface area is 106 Å². The molecule has 1 aliphatic rings. The summed E-state index contributed by atoms with van der Waals surface area (Å²) in [7, 11) is -7.18. The quantitative estimate of drug-likeness (QED) is 0.579. The first-order chi connectivity index (χ1) is 8.07. The van der Waals surface area contributed by atoms with Crippen molar-refractivity contribution in [3.05, 3.63) is 0 Å². The maximum absolute atomic E-state index is 10.8. The van der Waals surface area contributed by atoms with E-state index in [-0.39, 0.29) is 13.2 Å². The van der Waals surface area contributed by atoms with E-state index in [1.54, 1.807) is 6.92 Å². The highest BCUT2D eigenvalue weighted by molar-refractivity contribution is 7.86.